The van der Waals surface area contributed by atoms with Gasteiger partial charge in [0.2, 0.25) is 0 Å². The van der Waals surface area contributed by atoms with Crippen LogP contribution in [0.4, 0.5) is 0 Å². The van der Waals surface area contributed by atoms with E-state index < -0.39 is 11.7 Å². The van der Waals surface area contributed by atoms with E-state index in [-0.39, 0.29) is 6.61 Å². The van der Waals surface area contributed by atoms with Gasteiger partial charge in [0.1, 0.15) is 11.9 Å². The molecule has 0 saturated heterocycles. The van der Waals surface area contributed by atoms with E-state index in [2.05, 4.69) is 17.1 Å². The van der Waals surface area contributed by atoms with Crippen molar-refractivity contribution < 1.29 is 19.3 Å². The van der Waals surface area contributed by atoms with Crippen LogP contribution in [0.1, 0.15) is 43.6 Å². The van der Waals surface area contributed by atoms with Crippen LogP contribution in [0.15, 0.2) is 30.5 Å². The number of thiazole rings is 1. The zero-order valence-corrected chi connectivity index (χ0v) is 20.4. The number of aliphatic hydroxyl groups is 1. The first-order valence-corrected chi connectivity index (χ1v) is 11.9. The van der Waals surface area contributed by atoms with E-state index in [0.717, 1.165) is 55.5 Å². The maximum absolute atomic E-state index is 10.4. The molecule has 1 aliphatic heterocycles. The maximum Gasteiger partial charge on any atom is 0.274 e. The molecular formula is C26H28N2O4S. The molecule has 0 radical (unpaired) electrons. The molecule has 172 valence electrons. The van der Waals surface area contributed by atoms with Crippen molar-refractivity contribution in [1.29, 1.82) is 0 Å². The zero-order valence-electron chi connectivity index (χ0n) is 19.6. The zero-order chi connectivity index (χ0) is 23.3. The molecule has 0 amide bonds. The highest BCUT2D eigenvalue weighted by Crippen LogP contribution is 2.47. The fourth-order valence-electron chi connectivity index (χ4n) is 4.68. The number of ether oxygens (including phenoxy) is 3. The van der Waals surface area contributed by atoms with Crippen molar-refractivity contribution in [2.75, 3.05) is 20.3 Å². The van der Waals surface area contributed by atoms with Crippen LogP contribution >= 0.6 is 11.3 Å². The van der Waals surface area contributed by atoms with E-state index in [4.69, 9.17) is 19.2 Å². The molecule has 1 N–H and O–H groups in total. The average Bonchev–Trinajstić information content (AvgIpc) is 3.20. The number of pyridine rings is 1. The summed E-state index contributed by atoms with van der Waals surface area (Å²) in [7, 11) is 1.63. The first kappa shape index (κ1) is 22.1. The Morgan fingerprint density at radius 3 is 2.79 bits per heavy atom. The fourth-order valence-corrected chi connectivity index (χ4v) is 5.61. The summed E-state index contributed by atoms with van der Waals surface area (Å²) in [6.07, 6.45) is 2.22. The highest BCUT2D eigenvalue weighted by atomic mass is 32.1. The third kappa shape index (κ3) is 3.84. The molecule has 33 heavy (non-hydrogen) atoms. The lowest BCUT2D eigenvalue weighted by Crippen LogP contribution is -2.25. The van der Waals surface area contributed by atoms with Crippen molar-refractivity contribution in [3.05, 3.63) is 47.2 Å². The Kier molecular flexibility index (Phi) is 5.51. The fraction of sp³-hybridized carbons (Fsp3) is 0.385. The molecule has 7 heteroatoms. The first-order chi connectivity index (χ1) is 15.8. The largest absolute Gasteiger partial charge is 0.493 e. The minimum absolute atomic E-state index is 0.135. The van der Waals surface area contributed by atoms with Crippen LogP contribution in [0, 0.1) is 6.92 Å². The minimum Gasteiger partial charge on any atom is -0.493 e. The van der Waals surface area contributed by atoms with Crippen molar-refractivity contribution in [3.63, 3.8) is 0 Å². The number of hydrogen-bond acceptors (Lipinski definition) is 7. The Morgan fingerprint density at radius 1 is 1.24 bits per heavy atom. The smallest absolute Gasteiger partial charge is 0.274 e. The SMILES string of the molecule is COc1nc2cc(C)c([C@@H](CO)OC(C)(C)C)c(-c3ccc4c5c(ccnc35)CCO4)c2s1. The Balaban J connectivity index is 1.88. The predicted octanol–water partition coefficient (Wildman–Crippen LogP) is 5.61. The van der Waals surface area contributed by atoms with Crippen molar-refractivity contribution >= 4 is 32.5 Å². The number of hydrogen-bond donors (Lipinski definition) is 1. The van der Waals surface area contributed by atoms with Gasteiger partial charge in [0, 0.05) is 29.1 Å². The second-order valence-electron chi connectivity index (χ2n) is 9.32. The van der Waals surface area contributed by atoms with Gasteiger partial charge in [0.25, 0.3) is 5.19 Å². The summed E-state index contributed by atoms with van der Waals surface area (Å²) >= 11 is 1.49. The molecule has 2 aromatic carbocycles. The van der Waals surface area contributed by atoms with Gasteiger partial charge in [-0.2, -0.15) is 0 Å². The molecule has 0 spiro atoms. The van der Waals surface area contributed by atoms with Gasteiger partial charge in [0.15, 0.2) is 0 Å². The number of nitrogens with zero attached hydrogens (tertiary/aromatic N) is 2. The Hall–Kier alpha value is -2.74. The summed E-state index contributed by atoms with van der Waals surface area (Å²) in [6, 6.07) is 8.20. The van der Waals surface area contributed by atoms with E-state index >= 15 is 0 Å². The second kappa shape index (κ2) is 8.24. The van der Waals surface area contributed by atoms with Gasteiger partial charge in [0.05, 0.1) is 41.7 Å². The quantitative estimate of drug-likeness (QED) is 0.414. The normalized spacial score (nSPS) is 14.5. The molecule has 3 heterocycles. The molecule has 5 rings (SSSR count). The number of benzene rings is 2. The van der Waals surface area contributed by atoms with Crippen LogP contribution in [0.5, 0.6) is 10.9 Å². The van der Waals surface area contributed by atoms with Crippen LogP contribution < -0.4 is 9.47 Å². The monoisotopic (exact) mass is 464 g/mol. The summed E-state index contributed by atoms with van der Waals surface area (Å²) in [5.41, 5.74) is 6.47. The van der Waals surface area contributed by atoms with Crippen LogP contribution in [-0.4, -0.2) is 41.0 Å². The molecule has 1 atom stereocenters. The molecule has 0 unspecified atom stereocenters. The number of aromatic nitrogens is 2. The van der Waals surface area contributed by atoms with E-state index in [9.17, 15) is 5.11 Å². The minimum atomic E-state index is -0.500. The summed E-state index contributed by atoms with van der Waals surface area (Å²) < 4.78 is 18.8. The predicted molar refractivity (Wildman–Crippen MR) is 132 cm³/mol. The van der Waals surface area contributed by atoms with Crippen LogP contribution in [-0.2, 0) is 11.2 Å². The van der Waals surface area contributed by atoms with Crippen molar-refractivity contribution in [3.8, 4) is 22.1 Å². The second-order valence-corrected chi connectivity index (χ2v) is 10.3. The lowest BCUT2D eigenvalue weighted by molar-refractivity contribution is -0.0821. The maximum atomic E-state index is 10.4. The highest BCUT2D eigenvalue weighted by Gasteiger charge is 2.29. The Labute approximate surface area is 197 Å². The van der Waals surface area contributed by atoms with Gasteiger partial charge in [-0.15, -0.1) is 0 Å². The Bertz CT molecular complexity index is 1350. The molecule has 2 aromatic heterocycles. The van der Waals surface area contributed by atoms with E-state index in [1.807, 2.05) is 46.0 Å². The molecule has 0 aliphatic carbocycles. The van der Waals surface area contributed by atoms with Crippen LogP contribution in [0.2, 0.25) is 0 Å². The van der Waals surface area contributed by atoms with Gasteiger partial charge < -0.3 is 19.3 Å². The number of methoxy groups -OCH3 is 1. The van der Waals surface area contributed by atoms with E-state index in [1.54, 1.807) is 7.11 Å². The van der Waals surface area contributed by atoms with Crippen molar-refractivity contribution in [1.82, 2.24) is 9.97 Å². The average molecular weight is 465 g/mol. The van der Waals surface area contributed by atoms with Crippen LogP contribution in [0.3, 0.4) is 0 Å². The molecule has 0 bridgehead atoms. The third-order valence-corrected chi connectivity index (χ3v) is 6.95. The first-order valence-electron chi connectivity index (χ1n) is 11.1. The molecule has 0 fully saturated rings. The molecule has 6 nitrogen and oxygen atoms in total. The highest BCUT2D eigenvalue weighted by molar-refractivity contribution is 7.20. The molecule has 0 saturated carbocycles. The van der Waals surface area contributed by atoms with E-state index in [0.29, 0.717) is 11.8 Å². The van der Waals surface area contributed by atoms with E-state index in [1.165, 1.54) is 16.9 Å². The summed E-state index contributed by atoms with van der Waals surface area (Å²) in [5, 5.41) is 12.1. The van der Waals surface area contributed by atoms with Crippen molar-refractivity contribution in [2.45, 2.75) is 45.8 Å². The van der Waals surface area contributed by atoms with Gasteiger partial charge in [-0.05, 0) is 68.7 Å². The number of aryl methyl sites for hydroxylation is 1. The number of aliphatic hydroxyl groups excluding tert-OH is 1. The molecular weight excluding hydrogens is 436 g/mol. The molecule has 4 aromatic rings. The van der Waals surface area contributed by atoms with Gasteiger partial charge >= 0.3 is 0 Å². The Morgan fingerprint density at radius 2 is 2.06 bits per heavy atom. The summed E-state index contributed by atoms with van der Waals surface area (Å²) in [4.78, 5) is 9.46. The van der Waals surface area contributed by atoms with Crippen LogP contribution in [0.25, 0.3) is 32.2 Å². The number of rotatable bonds is 5. The third-order valence-electron chi connectivity index (χ3n) is 5.90. The summed E-state index contributed by atoms with van der Waals surface area (Å²) in [6.45, 7) is 8.58. The van der Waals surface area contributed by atoms with Gasteiger partial charge in [-0.3, -0.25) is 4.98 Å². The standard InChI is InChI=1S/C26H28N2O4S/c1-14-12-17-24(33-25(28-17)30-5)22(20(14)19(13-29)32-26(2,3)4)16-6-7-18-21-15(9-11-31-18)8-10-27-23(16)21/h6-8,10,12,19,29H,9,11,13H2,1-5H3/t19-/m1/s1. The molecule has 1 aliphatic rings. The lowest BCUT2D eigenvalue weighted by atomic mass is 9.89. The topological polar surface area (TPSA) is 73.7 Å². The lowest BCUT2D eigenvalue weighted by Gasteiger charge is -2.29. The van der Waals surface area contributed by atoms with Crippen molar-refractivity contribution in [2.24, 2.45) is 0 Å². The number of fused-ring (bicyclic) bond motifs is 1. The van der Waals surface area contributed by atoms with Gasteiger partial charge in [-0.1, -0.05) is 11.3 Å². The van der Waals surface area contributed by atoms with Gasteiger partial charge in [-0.25, -0.2) is 4.98 Å². The summed E-state index contributed by atoms with van der Waals surface area (Å²) in [5.74, 6) is 0.861.